The van der Waals surface area contributed by atoms with Gasteiger partial charge in [0.05, 0.1) is 0 Å². The Kier molecular flexibility index (Phi) is 3.91. The van der Waals surface area contributed by atoms with Gasteiger partial charge >= 0.3 is 126 Å². The van der Waals surface area contributed by atoms with Gasteiger partial charge in [-0.15, -0.1) is 0 Å². The molecular weight excluding hydrogens is 483 g/mol. The number of fused-ring (bicyclic) bond motifs is 1. The fourth-order valence-electron chi connectivity index (χ4n) is 2.08. The number of hydrogen-bond acceptors (Lipinski definition) is 2. The summed E-state index contributed by atoms with van der Waals surface area (Å²) in [5.74, 6) is 0. The third kappa shape index (κ3) is 2.31. The molecule has 2 aliphatic heterocycles. The topological polar surface area (TPSA) is 18.5 Å². The van der Waals surface area contributed by atoms with E-state index in [0.717, 1.165) is 0 Å². The van der Waals surface area contributed by atoms with E-state index in [1.54, 1.807) is 0 Å². The molecule has 2 fully saturated rings. The molecule has 0 amide bonds. The molecule has 0 aromatic heterocycles. The summed E-state index contributed by atoms with van der Waals surface area (Å²) in [5.41, 5.74) is -10.2. The maximum atomic E-state index is 12.7. The second kappa shape index (κ2) is 4.70. The summed E-state index contributed by atoms with van der Waals surface area (Å²) in [6.45, 7) is 0. The van der Waals surface area contributed by atoms with Crippen LogP contribution in [0.5, 0.6) is 0 Å². The van der Waals surface area contributed by atoms with Crippen molar-refractivity contribution >= 4 is 20.6 Å². The Hall–Kier alpha value is -0.190. The van der Waals surface area contributed by atoms with Gasteiger partial charge in [0.1, 0.15) is 0 Å². The van der Waals surface area contributed by atoms with E-state index in [1.165, 1.54) is 0 Å². The average molecular weight is 486 g/mol. The minimum atomic E-state index is -6.24. The second-order valence-corrected chi connectivity index (χ2v) is 8.38. The quantitative estimate of drug-likeness (QED) is 0.277. The van der Waals surface area contributed by atoms with Crippen LogP contribution in [0.1, 0.15) is 6.42 Å². The van der Waals surface area contributed by atoms with Crippen molar-refractivity contribution in [3.8, 4) is 0 Å². The molecule has 0 saturated carbocycles. The van der Waals surface area contributed by atoms with Crippen molar-refractivity contribution in [1.29, 1.82) is 0 Å². The van der Waals surface area contributed by atoms with Crippen molar-refractivity contribution in [3.05, 3.63) is 0 Å². The molecule has 2 nitrogen and oxygen atoms in total. The zero-order chi connectivity index (χ0) is 18.3. The fourth-order valence-corrected chi connectivity index (χ4v) is 7.85. The molecule has 2 rings (SSSR count). The second-order valence-electron chi connectivity index (χ2n) is 4.62. The van der Waals surface area contributed by atoms with Crippen LogP contribution >= 0.6 is 20.6 Å². The zero-order valence-electron chi connectivity index (χ0n) is 10.0. The average Bonchev–Trinajstić information content (AvgIpc) is 2.48. The number of alkyl halides is 13. The third-order valence-corrected chi connectivity index (χ3v) is 8.15. The number of hydrogen-bond donors (Lipinski definition) is 0. The molecule has 23 heavy (non-hydrogen) atoms. The van der Waals surface area contributed by atoms with E-state index < -0.39 is 66.9 Å². The maximum absolute atomic E-state index is 12.7. The molecule has 0 bridgehead atoms. The van der Waals surface area contributed by atoms with Crippen LogP contribution in [0.15, 0.2) is 0 Å². The van der Waals surface area contributed by atoms with Crippen molar-refractivity contribution in [1.82, 2.24) is 0 Å². The third-order valence-electron chi connectivity index (χ3n) is 3.29. The van der Waals surface area contributed by atoms with Crippen LogP contribution in [0.2, 0.25) is 0 Å². The first-order valence-electron chi connectivity index (χ1n) is 5.25. The molecule has 2 heterocycles. The van der Waals surface area contributed by atoms with Crippen LogP contribution in [0.4, 0.5) is 52.7 Å². The summed E-state index contributed by atoms with van der Waals surface area (Å²) in [5, 5.41) is 0. The van der Waals surface area contributed by atoms with Gasteiger partial charge in [0.2, 0.25) is 0 Å². The predicted octanol–water partition coefficient (Wildman–Crippen LogP) is 4.87. The molecule has 15 heteroatoms. The first kappa shape index (κ1) is 19.1. The standard InChI is InChI=1S/C8H3F12IO2/c9-5(10,11)3(6(12,13)14)1-2-4(7(15,16)17,8(18,19)20)23-21(2)22-3/h2H,1H2. The van der Waals surface area contributed by atoms with Gasteiger partial charge < -0.3 is 0 Å². The fraction of sp³-hybridized carbons (Fsp3) is 1.00. The van der Waals surface area contributed by atoms with Gasteiger partial charge in [0.15, 0.2) is 0 Å². The summed E-state index contributed by atoms with van der Waals surface area (Å²) in [6, 6.07) is 0. The van der Waals surface area contributed by atoms with Crippen molar-refractivity contribution in [3.63, 3.8) is 0 Å². The Balaban J connectivity index is 2.50. The van der Waals surface area contributed by atoms with Gasteiger partial charge in [-0.05, 0) is 0 Å². The molecule has 0 N–H and O–H groups in total. The summed E-state index contributed by atoms with van der Waals surface area (Å²) in [4.78, 5) is 0. The summed E-state index contributed by atoms with van der Waals surface area (Å²) in [7, 11) is 0. The number of rotatable bonds is 0. The van der Waals surface area contributed by atoms with E-state index in [1.807, 2.05) is 0 Å². The van der Waals surface area contributed by atoms with Crippen molar-refractivity contribution in [2.45, 2.75) is 46.3 Å². The van der Waals surface area contributed by atoms with E-state index in [0.29, 0.717) is 0 Å². The van der Waals surface area contributed by atoms with Crippen molar-refractivity contribution in [2.75, 3.05) is 0 Å². The minimum absolute atomic E-state index is 2.54. The Bertz CT molecular complexity index is 433. The van der Waals surface area contributed by atoms with Crippen LogP contribution in [0.3, 0.4) is 0 Å². The van der Waals surface area contributed by atoms with Gasteiger partial charge in [0, 0.05) is 0 Å². The summed E-state index contributed by atoms with van der Waals surface area (Å²) < 4.78 is 156. The van der Waals surface area contributed by atoms with Gasteiger partial charge in [-0.2, -0.15) is 0 Å². The van der Waals surface area contributed by atoms with E-state index >= 15 is 0 Å². The molecule has 2 saturated heterocycles. The SMILES string of the molecule is FC(F)(F)C1(C(F)(F)F)CC2I(O1)OC2(C(F)(F)F)C(F)(F)F. The zero-order valence-corrected chi connectivity index (χ0v) is 12.2. The van der Waals surface area contributed by atoms with Crippen LogP contribution in [0, 0.1) is 0 Å². The van der Waals surface area contributed by atoms with E-state index in [9.17, 15) is 52.7 Å². The van der Waals surface area contributed by atoms with E-state index in [-0.39, 0.29) is 0 Å². The molecular formula is C8H3F12IO2. The van der Waals surface area contributed by atoms with Crippen LogP contribution in [-0.2, 0) is 6.13 Å². The first-order chi connectivity index (χ1) is 9.91. The normalized spacial score (nSPS) is 29.2. The van der Waals surface area contributed by atoms with E-state index in [2.05, 4.69) is 6.13 Å². The predicted molar refractivity (Wildman–Crippen MR) is 54.3 cm³/mol. The molecule has 0 aromatic rings. The molecule has 1 atom stereocenters. The molecule has 0 aliphatic carbocycles. The molecule has 2 aliphatic rings. The Labute approximate surface area is 126 Å². The van der Waals surface area contributed by atoms with Gasteiger partial charge in [0.25, 0.3) is 0 Å². The Morgan fingerprint density at radius 3 is 1.35 bits per heavy atom. The molecule has 138 valence electrons. The van der Waals surface area contributed by atoms with Gasteiger partial charge in [-0.1, -0.05) is 0 Å². The number of halogens is 13. The summed E-state index contributed by atoms with van der Waals surface area (Å²) in [6.07, 6.45) is -27.5. The van der Waals surface area contributed by atoms with Crippen molar-refractivity contribution in [2.24, 2.45) is 0 Å². The molecule has 0 radical (unpaired) electrons. The summed E-state index contributed by atoms with van der Waals surface area (Å²) >= 11 is -4.69. The Morgan fingerprint density at radius 2 is 1.04 bits per heavy atom. The van der Waals surface area contributed by atoms with E-state index in [4.69, 9.17) is 0 Å². The van der Waals surface area contributed by atoms with Crippen LogP contribution in [-0.4, -0.2) is 39.8 Å². The Morgan fingerprint density at radius 1 is 0.652 bits per heavy atom. The van der Waals surface area contributed by atoms with Crippen LogP contribution in [0.25, 0.3) is 0 Å². The van der Waals surface area contributed by atoms with Crippen LogP contribution < -0.4 is 0 Å². The monoisotopic (exact) mass is 486 g/mol. The molecule has 0 aromatic carbocycles. The van der Waals surface area contributed by atoms with Gasteiger partial charge in [-0.3, -0.25) is 0 Å². The van der Waals surface area contributed by atoms with Gasteiger partial charge in [-0.25, -0.2) is 0 Å². The molecule has 1 unspecified atom stereocenters. The van der Waals surface area contributed by atoms with Crippen molar-refractivity contribution < 1.29 is 58.8 Å². The molecule has 0 spiro atoms. The first-order valence-corrected chi connectivity index (χ1v) is 8.26.